The zero-order valence-corrected chi connectivity index (χ0v) is 18.2. The van der Waals surface area contributed by atoms with Gasteiger partial charge in [0.25, 0.3) is 0 Å². The Balaban J connectivity index is 1.32. The third-order valence-corrected chi connectivity index (χ3v) is 5.46. The molecule has 0 atom stereocenters. The first-order valence-electron chi connectivity index (χ1n) is 10.7. The molecule has 0 aliphatic carbocycles. The van der Waals surface area contributed by atoms with Gasteiger partial charge in [0.05, 0.1) is 23.1 Å². The molecule has 170 valence electrons. The Kier molecular flexibility index (Phi) is 5.63. The predicted octanol–water partition coefficient (Wildman–Crippen LogP) is 6.24. The van der Waals surface area contributed by atoms with Crippen molar-refractivity contribution in [2.24, 2.45) is 0 Å². The van der Waals surface area contributed by atoms with Crippen LogP contribution in [0.15, 0.2) is 83.3 Å². The quantitative estimate of drug-likeness (QED) is 0.327. The van der Waals surface area contributed by atoms with E-state index >= 15 is 0 Å². The molecule has 1 amide bonds. The summed E-state index contributed by atoms with van der Waals surface area (Å²) >= 11 is 0. The van der Waals surface area contributed by atoms with Gasteiger partial charge in [-0.2, -0.15) is 8.78 Å². The van der Waals surface area contributed by atoms with Crippen LogP contribution in [0.25, 0.3) is 33.9 Å². The molecule has 5 aromatic rings. The predicted molar refractivity (Wildman–Crippen MR) is 125 cm³/mol. The summed E-state index contributed by atoms with van der Waals surface area (Å²) in [5.74, 6) is 0.951. The number of halogens is 2. The molecular weight excluding hydrogens is 438 g/mol. The highest BCUT2D eigenvalue weighted by Crippen LogP contribution is 2.30. The van der Waals surface area contributed by atoms with E-state index in [2.05, 4.69) is 15.3 Å². The molecule has 0 radical (unpaired) electrons. The third-order valence-electron chi connectivity index (χ3n) is 5.46. The molecule has 8 heteroatoms. The molecule has 6 nitrogen and oxygen atoms in total. The number of oxazole rings is 1. The van der Waals surface area contributed by atoms with Crippen molar-refractivity contribution in [2.75, 3.05) is 5.32 Å². The number of hydrogen-bond acceptors (Lipinski definition) is 4. The first kappa shape index (κ1) is 21.5. The number of nitrogens with one attached hydrogen (secondary N) is 1. The fourth-order valence-electron chi connectivity index (χ4n) is 3.80. The number of hydrogen-bond donors (Lipinski definition) is 1. The van der Waals surface area contributed by atoms with Crippen molar-refractivity contribution in [3.8, 4) is 22.8 Å². The number of aryl methyl sites for hydroxylation is 1. The second-order valence-electron chi connectivity index (χ2n) is 7.76. The molecule has 1 N–H and O–H groups in total. The maximum absolute atomic E-state index is 13.7. The summed E-state index contributed by atoms with van der Waals surface area (Å²) < 4.78 is 34.1. The van der Waals surface area contributed by atoms with Crippen molar-refractivity contribution >= 4 is 22.6 Å². The van der Waals surface area contributed by atoms with Crippen LogP contribution in [0.4, 0.5) is 14.5 Å². The summed E-state index contributed by atoms with van der Waals surface area (Å²) in [6.07, 6.45) is 0.0467. The van der Waals surface area contributed by atoms with Crippen LogP contribution in [-0.4, -0.2) is 20.4 Å². The molecule has 0 aliphatic rings. The lowest BCUT2D eigenvalue weighted by atomic mass is 10.2. The molecule has 34 heavy (non-hydrogen) atoms. The first-order valence-corrected chi connectivity index (χ1v) is 10.7. The maximum atomic E-state index is 13.7. The third kappa shape index (κ3) is 4.17. The van der Waals surface area contributed by atoms with Crippen LogP contribution < -0.4 is 5.32 Å². The number of benzene rings is 3. The van der Waals surface area contributed by atoms with E-state index in [0.29, 0.717) is 39.6 Å². The summed E-state index contributed by atoms with van der Waals surface area (Å²) in [5.41, 5.74) is 3.31. The van der Waals surface area contributed by atoms with E-state index in [1.54, 1.807) is 55.5 Å². The van der Waals surface area contributed by atoms with Crippen molar-refractivity contribution in [1.29, 1.82) is 0 Å². The monoisotopic (exact) mass is 458 g/mol. The van der Waals surface area contributed by atoms with Gasteiger partial charge in [0, 0.05) is 16.8 Å². The van der Waals surface area contributed by atoms with Crippen LogP contribution in [0.2, 0.25) is 0 Å². The first-order chi connectivity index (χ1) is 16.5. The Labute approximate surface area is 193 Å². The van der Waals surface area contributed by atoms with E-state index in [4.69, 9.17) is 4.42 Å². The second kappa shape index (κ2) is 8.90. The number of fused-ring (bicyclic) bond motifs is 1. The fourth-order valence-corrected chi connectivity index (χ4v) is 3.80. The summed E-state index contributed by atoms with van der Waals surface area (Å²) in [6, 6.07) is 22.9. The molecule has 0 saturated carbocycles. The number of aromatic nitrogens is 3. The molecule has 2 aromatic heterocycles. The van der Waals surface area contributed by atoms with Crippen LogP contribution in [0.5, 0.6) is 0 Å². The van der Waals surface area contributed by atoms with E-state index in [1.165, 1.54) is 0 Å². The SMILES string of the molecule is Cc1oc(-c2ccccc2)nc1CC(=O)Nc1ccc(-c2nc3ccccc3n2C(F)F)cc1. The van der Waals surface area contributed by atoms with Gasteiger partial charge in [0.1, 0.15) is 11.6 Å². The second-order valence-corrected chi connectivity index (χ2v) is 7.76. The smallest absolute Gasteiger partial charge is 0.320 e. The lowest BCUT2D eigenvalue weighted by Crippen LogP contribution is -2.15. The van der Waals surface area contributed by atoms with Crippen molar-refractivity contribution in [3.63, 3.8) is 0 Å². The van der Waals surface area contributed by atoms with Gasteiger partial charge in [0.2, 0.25) is 11.8 Å². The zero-order chi connectivity index (χ0) is 23.7. The van der Waals surface area contributed by atoms with Crippen molar-refractivity contribution in [2.45, 2.75) is 19.9 Å². The Bertz CT molecular complexity index is 1460. The van der Waals surface area contributed by atoms with E-state index in [9.17, 15) is 13.6 Å². The van der Waals surface area contributed by atoms with Crippen LogP contribution in [-0.2, 0) is 11.2 Å². The highest BCUT2D eigenvalue weighted by molar-refractivity contribution is 5.92. The number of imidazole rings is 1. The van der Waals surface area contributed by atoms with Gasteiger partial charge < -0.3 is 9.73 Å². The number of carbonyl (C=O) groups excluding carboxylic acids is 1. The molecule has 5 rings (SSSR count). The van der Waals surface area contributed by atoms with Crippen LogP contribution in [0, 0.1) is 6.92 Å². The summed E-state index contributed by atoms with van der Waals surface area (Å²) in [6.45, 7) is -0.959. The number of rotatable bonds is 6. The number of alkyl halides is 2. The molecule has 2 heterocycles. The molecule has 0 aliphatic heterocycles. The standard InChI is InChI=1S/C26H20F2N4O2/c1-16-21(31-25(34-16)18-7-3-2-4-8-18)15-23(33)29-19-13-11-17(12-14-19)24-30-20-9-5-6-10-22(20)32(24)26(27)28/h2-14,26H,15H2,1H3,(H,29,33). The van der Waals surface area contributed by atoms with E-state index < -0.39 is 6.55 Å². The minimum atomic E-state index is -2.73. The number of nitrogens with zero attached hydrogens (tertiary/aromatic N) is 3. The summed E-state index contributed by atoms with van der Waals surface area (Å²) in [4.78, 5) is 21.4. The van der Waals surface area contributed by atoms with Crippen molar-refractivity contribution in [1.82, 2.24) is 14.5 Å². The minimum absolute atomic E-state index is 0.0467. The number of para-hydroxylation sites is 2. The number of amides is 1. The molecular formula is C26H20F2N4O2. The molecule has 0 bridgehead atoms. The lowest BCUT2D eigenvalue weighted by Gasteiger charge is -2.09. The Hall–Kier alpha value is -4.33. The normalized spacial score (nSPS) is 11.3. The van der Waals surface area contributed by atoms with Gasteiger partial charge in [-0.05, 0) is 55.5 Å². The van der Waals surface area contributed by atoms with Gasteiger partial charge in [-0.25, -0.2) is 9.97 Å². The molecule has 0 saturated heterocycles. The van der Waals surface area contributed by atoms with Gasteiger partial charge >= 0.3 is 6.55 Å². The van der Waals surface area contributed by atoms with Crippen LogP contribution in [0.3, 0.4) is 0 Å². The zero-order valence-electron chi connectivity index (χ0n) is 18.2. The largest absolute Gasteiger partial charge is 0.441 e. The molecule has 0 fully saturated rings. The van der Waals surface area contributed by atoms with Crippen LogP contribution in [0.1, 0.15) is 18.0 Å². The highest BCUT2D eigenvalue weighted by Gasteiger charge is 2.19. The fraction of sp³-hybridized carbons (Fsp3) is 0.115. The van der Waals surface area contributed by atoms with E-state index in [1.807, 2.05) is 30.3 Å². The average molecular weight is 458 g/mol. The summed E-state index contributed by atoms with van der Waals surface area (Å²) in [5, 5.41) is 2.81. The van der Waals surface area contributed by atoms with Crippen LogP contribution >= 0.6 is 0 Å². The molecule has 3 aromatic carbocycles. The van der Waals surface area contributed by atoms with E-state index in [0.717, 1.165) is 10.1 Å². The molecule has 0 spiro atoms. The topological polar surface area (TPSA) is 73.0 Å². The van der Waals surface area contributed by atoms with E-state index in [-0.39, 0.29) is 18.2 Å². The van der Waals surface area contributed by atoms with Gasteiger partial charge in [-0.15, -0.1) is 0 Å². The summed E-state index contributed by atoms with van der Waals surface area (Å²) in [7, 11) is 0. The number of carbonyl (C=O) groups is 1. The highest BCUT2D eigenvalue weighted by atomic mass is 19.3. The Morgan fingerprint density at radius 3 is 2.38 bits per heavy atom. The van der Waals surface area contributed by atoms with Crippen molar-refractivity contribution in [3.05, 3.63) is 90.3 Å². The van der Waals surface area contributed by atoms with Gasteiger partial charge in [-0.3, -0.25) is 9.36 Å². The van der Waals surface area contributed by atoms with Crippen molar-refractivity contribution < 1.29 is 18.0 Å². The maximum Gasteiger partial charge on any atom is 0.320 e. The molecule has 0 unspecified atom stereocenters. The van der Waals surface area contributed by atoms with Gasteiger partial charge in [-0.1, -0.05) is 30.3 Å². The Morgan fingerprint density at radius 2 is 1.65 bits per heavy atom. The average Bonchev–Trinajstić information content (AvgIpc) is 3.41. The minimum Gasteiger partial charge on any atom is -0.441 e. The lowest BCUT2D eigenvalue weighted by molar-refractivity contribution is -0.115. The Morgan fingerprint density at radius 1 is 0.941 bits per heavy atom. The number of anilines is 1. The van der Waals surface area contributed by atoms with Gasteiger partial charge in [0.15, 0.2) is 0 Å².